The number of nitrogens with zero attached hydrogens (tertiary/aromatic N) is 3. The quantitative estimate of drug-likeness (QED) is 0.0438. The molecule has 0 saturated carbocycles. The van der Waals surface area contributed by atoms with E-state index < -0.39 is 29.4 Å². The molecule has 9 nitrogen and oxygen atoms in total. The maximum Gasteiger partial charge on any atom is 0.416 e. The number of aromatic nitrogens is 1. The van der Waals surface area contributed by atoms with E-state index in [1.807, 2.05) is 44.3 Å². The minimum atomic E-state index is -4.42. The number of fused-ring (bicyclic) bond motifs is 1. The molecule has 6 aromatic carbocycles. The molecule has 15 heteroatoms. The van der Waals surface area contributed by atoms with Gasteiger partial charge in [-0.2, -0.15) is 26.3 Å². The molecule has 1 aromatic heterocycles. The molecule has 0 bridgehead atoms. The zero-order valence-corrected chi connectivity index (χ0v) is 37.7. The average Bonchev–Trinajstić information content (AvgIpc) is 3.30. The molecular weight excluding hydrogens is 895 g/mol. The fourth-order valence-electron chi connectivity index (χ4n) is 6.62. The summed E-state index contributed by atoms with van der Waals surface area (Å²) in [5.41, 5.74) is 10.8. The number of amides is 2. The van der Waals surface area contributed by atoms with Gasteiger partial charge in [0.15, 0.2) is 18.7 Å². The van der Waals surface area contributed by atoms with Gasteiger partial charge in [0.05, 0.1) is 22.2 Å². The molecule has 7 rings (SSSR count). The number of alkyl halides is 6. The van der Waals surface area contributed by atoms with Gasteiger partial charge in [-0.25, -0.2) is 9.15 Å². The van der Waals surface area contributed by atoms with Gasteiger partial charge in [-0.3, -0.25) is 19.4 Å². The van der Waals surface area contributed by atoms with E-state index >= 15 is 0 Å². The second-order valence-electron chi connectivity index (χ2n) is 15.5. The van der Waals surface area contributed by atoms with E-state index in [-0.39, 0.29) is 13.3 Å². The summed E-state index contributed by atoms with van der Waals surface area (Å²) in [6, 6.07) is 36.4. The predicted octanol–water partition coefficient (Wildman–Crippen LogP) is 12.4. The first-order valence-corrected chi connectivity index (χ1v) is 20.8. The van der Waals surface area contributed by atoms with Crippen LogP contribution in [-0.4, -0.2) is 72.9 Å². The number of anilines is 3. The number of hydrogen-bond acceptors (Lipinski definition) is 5. The lowest BCUT2D eigenvalue weighted by molar-refractivity contribution is -0.462. The number of nitrogen functional groups attached to an aromatic ring is 1. The predicted molar refractivity (Wildman–Crippen MR) is 264 cm³/mol. The Morgan fingerprint density at radius 1 is 0.594 bits per heavy atom. The van der Waals surface area contributed by atoms with Crippen LogP contribution in [-0.2, 0) is 12.4 Å². The molecule has 0 saturated heterocycles. The SMILES string of the molecule is C.CC=C(C=[N+](C)C)C=[N+](C)C.Nc1cccc(NC(=O)c2ccccc2-c2ccc(C(F)(F)F)cc2)c1.O=Cc1cnc2cc(NC(=O)c3ccccc3-c3ccc(C(F)(F)F)cc3)ccc2c1. The van der Waals surface area contributed by atoms with Crippen LogP contribution >= 0.6 is 0 Å². The Hall–Kier alpha value is -8.20. The normalized spacial score (nSPS) is 10.7. The van der Waals surface area contributed by atoms with Gasteiger partial charge in [0.25, 0.3) is 11.8 Å². The Kier molecular flexibility index (Phi) is 18.6. The van der Waals surface area contributed by atoms with Crippen LogP contribution in [0.15, 0.2) is 163 Å². The average molecular weight is 947 g/mol. The van der Waals surface area contributed by atoms with E-state index in [0.717, 1.165) is 29.7 Å². The van der Waals surface area contributed by atoms with Crippen LogP contribution in [0.5, 0.6) is 0 Å². The summed E-state index contributed by atoms with van der Waals surface area (Å²) >= 11 is 0. The van der Waals surface area contributed by atoms with Crippen molar-refractivity contribution < 1.29 is 49.9 Å². The minimum Gasteiger partial charge on any atom is -0.399 e. The Labute approximate surface area is 397 Å². The summed E-state index contributed by atoms with van der Waals surface area (Å²) in [7, 11) is 8.08. The maximum absolute atomic E-state index is 12.9. The van der Waals surface area contributed by atoms with E-state index in [9.17, 15) is 40.7 Å². The molecule has 7 aromatic rings. The highest BCUT2D eigenvalue weighted by molar-refractivity contribution is 6.10. The van der Waals surface area contributed by atoms with Crippen molar-refractivity contribution in [2.75, 3.05) is 44.6 Å². The van der Waals surface area contributed by atoms with Gasteiger partial charge in [-0.15, -0.1) is 0 Å². The van der Waals surface area contributed by atoms with Gasteiger partial charge < -0.3 is 16.4 Å². The molecule has 0 atom stereocenters. The van der Waals surface area contributed by atoms with Crippen LogP contribution in [0.4, 0.5) is 43.4 Å². The van der Waals surface area contributed by atoms with Crippen molar-refractivity contribution >= 4 is 58.5 Å². The zero-order valence-electron chi connectivity index (χ0n) is 37.7. The van der Waals surface area contributed by atoms with Crippen LogP contribution < -0.4 is 16.4 Å². The summed E-state index contributed by atoms with van der Waals surface area (Å²) in [5.74, 6) is -0.773. The molecule has 4 N–H and O–H groups in total. The van der Waals surface area contributed by atoms with Gasteiger partial charge in [0, 0.05) is 45.3 Å². The van der Waals surface area contributed by atoms with E-state index in [2.05, 4.69) is 34.1 Å². The minimum absolute atomic E-state index is 0. The van der Waals surface area contributed by atoms with E-state index in [4.69, 9.17) is 5.73 Å². The van der Waals surface area contributed by atoms with Crippen LogP contribution in [0.3, 0.4) is 0 Å². The number of hydrogen-bond donors (Lipinski definition) is 3. The number of rotatable bonds is 9. The van der Waals surface area contributed by atoms with E-state index in [1.165, 1.54) is 36.0 Å². The summed E-state index contributed by atoms with van der Waals surface area (Å²) in [6.45, 7) is 2.04. The first kappa shape index (κ1) is 53.4. The first-order chi connectivity index (χ1) is 32.2. The number of nitrogens with one attached hydrogen (secondary N) is 2. The monoisotopic (exact) mass is 946 g/mol. The van der Waals surface area contributed by atoms with Crippen LogP contribution in [0.1, 0.15) is 56.6 Å². The summed E-state index contributed by atoms with van der Waals surface area (Å²) in [6.07, 6.45) is -0.421. The third-order valence-corrected chi connectivity index (χ3v) is 9.78. The van der Waals surface area contributed by atoms with Crippen molar-refractivity contribution in [3.05, 3.63) is 191 Å². The van der Waals surface area contributed by atoms with Crippen LogP contribution in [0.25, 0.3) is 33.2 Å². The van der Waals surface area contributed by atoms with E-state index in [1.54, 1.807) is 97.1 Å². The standard InChI is InChI=1S/C24H15F3N2O2.C20H15F3N2O.C9H18N2.CH4/c25-24(26,27)18-8-5-16(6-9-18)20-3-1-2-4-21(20)23(31)29-19-10-7-17-11-15(14-30)13-28-22(17)12-19;21-20(22,23)14-10-8-13(9-11-14)17-6-1-2-7-18(17)19(26)25-16-5-3-4-15(24)12-16;1-6-9(7-10(2)3)8-11(4)5;/h1-14H,(H,29,31);1-12H,24H2,(H,25,26);6-8H,1-5H3;1H4/q;;+2;. The number of benzene rings is 6. The summed E-state index contributed by atoms with van der Waals surface area (Å²) in [4.78, 5) is 40.6. The fourth-order valence-corrected chi connectivity index (χ4v) is 6.62. The summed E-state index contributed by atoms with van der Waals surface area (Å²) in [5, 5.41) is 6.30. The van der Waals surface area contributed by atoms with Crippen molar-refractivity contribution in [2.24, 2.45) is 0 Å². The Balaban J connectivity index is 0.000000247. The third-order valence-electron chi connectivity index (χ3n) is 9.78. The molecule has 0 aliphatic heterocycles. The number of aldehydes is 1. The second-order valence-corrected chi connectivity index (χ2v) is 15.5. The largest absolute Gasteiger partial charge is 0.416 e. The van der Waals surface area contributed by atoms with Gasteiger partial charge in [0.1, 0.15) is 28.2 Å². The van der Waals surface area contributed by atoms with E-state index in [0.29, 0.717) is 67.8 Å². The second kappa shape index (κ2) is 24.0. The number of halogens is 6. The van der Waals surface area contributed by atoms with Gasteiger partial charge in [-0.1, -0.05) is 86.3 Å². The molecule has 0 radical (unpaired) electrons. The van der Waals surface area contributed by atoms with Crippen LogP contribution in [0, 0.1) is 0 Å². The topological polar surface area (TPSA) is 120 Å². The maximum atomic E-state index is 12.9. The van der Waals surface area contributed by atoms with Crippen molar-refractivity contribution in [1.82, 2.24) is 4.98 Å². The Bertz CT molecular complexity index is 2970. The number of allylic oxidation sites excluding steroid dienone is 2. The number of pyridine rings is 1. The Morgan fingerprint density at radius 2 is 1.06 bits per heavy atom. The first-order valence-electron chi connectivity index (χ1n) is 20.8. The van der Waals surface area contributed by atoms with Crippen molar-refractivity contribution in [3.63, 3.8) is 0 Å². The smallest absolute Gasteiger partial charge is 0.399 e. The molecule has 0 spiro atoms. The lowest BCUT2D eigenvalue weighted by Crippen LogP contribution is -2.13. The molecular formula is C54H52F6N6O3+2. The number of carbonyl (C=O) groups is 3. The molecule has 0 fully saturated rings. The molecule has 0 aliphatic rings. The zero-order chi connectivity index (χ0) is 49.6. The molecule has 69 heavy (non-hydrogen) atoms. The molecule has 0 aliphatic carbocycles. The molecule has 356 valence electrons. The number of carbonyl (C=O) groups excluding carboxylic acids is 3. The summed E-state index contributed by atoms with van der Waals surface area (Å²) < 4.78 is 80.8. The Morgan fingerprint density at radius 3 is 1.48 bits per heavy atom. The highest BCUT2D eigenvalue weighted by atomic mass is 19.4. The molecule has 0 unspecified atom stereocenters. The van der Waals surface area contributed by atoms with Crippen molar-refractivity contribution in [2.45, 2.75) is 26.7 Å². The van der Waals surface area contributed by atoms with Gasteiger partial charge in [0.2, 0.25) is 0 Å². The molecule has 1 heterocycles. The fraction of sp³-hybridized carbons (Fsp3) is 0.148. The van der Waals surface area contributed by atoms with Crippen molar-refractivity contribution in [1.29, 1.82) is 0 Å². The third kappa shape index (κ3) is 15.4. The lowest BCUT2D eigenvalue weighted by Gasteiger charge is -2.12. The van der Waals surface area contributed by atoms with Crippen molar-refractivity contribution in [3.8, 4) is 22.3 Å². The van der Waals surface area contributed by atoms with Crippen LogP contribution in [0.2, 0.25) is 0 Å². The highest BCUT2D eigenvalue weighted by Gasteiger charge is 2.31. The van der Waals surface area contributed by atoms with Gasteiger partial charge >= 0.3 is 12.4 Å². The highest BCUT2D eigenvalue weighted by Crippen LogP contribution is 2.34. The number of nitrogens with two attached hydrogens (primary N) is 1. The molecule has 2 amide bonds. The van der Waals surface area contributed by atoms with Gasteiger partial charge in [-0.05, 0) is 102 Å². The lowest BCUT2D eigenvalue weighted by atomic mass is 9.98.